The number of nitrogens with zero attached hydrogens (tertiary/aromatic N) is 2. The summed E-state index contributed by atoms with van der Waals surface area (Å²) >= 11 is 0. The van der Waals surface area contributed by atoms with Crippen molar-refractivity contribution in [3.05, 3.63) is 23.8 Å². The second-order valence-electron chi connectivity index (χ2n) is 7.92. The zero-order chi connectivity index (χ0) is 26.0. The van der Waals surface area contributed by atoms with Crippen molar-refractivity contribution in [1.82, 2.24) is 9.80 Å². The van der Waals surface area contributed by atoms with Crippen LogP contribution in [-0.4, -0.2) is 73.0 Å². The fourth-order valence-corrected chi connectivity index (χ4v) is 3.53. The molecule has 0 aliphatic carbocycles. The first-order valence-corrected chi connectivity index (χ1v) is 11.3. The third-order valence-corrected chi connectivity index (χ3v) is 5.65. The van der Waals surface area contributed by atoms with E-state index in [-0.39, 0.29) is 18.2 Å². The number of benzene rings is 1. The van der Waals surface area contributed by atoms with Gasteiger partial charge in [-0.25, -0.2) is 0 Å². The van der Waals surface area contributed by atoms with Crippen LogP contribution in [0.3, 0.4) is 0 Å². The van der Waals surface area contributed by atoms with Gasteiger partial charge in [-0.1, -0.05) is 13.8 Å². The summed E-state index contributed by atoms with van der Waals surface area (Å²) in [6.07, 6.45) is 0. The van der Waals surface area contributed by atoms with E-state index in [0.717, 1.165) is 21.9 Å². The second kappa shape index (κ2) is 9.87. The van der Waals surface area contributed by atoms with Crippen molar-refractivity contribution in [2.75, 3.05) is 25.0 Å². The molecule has 34 heavy (non-hydrogen) atoms. The predicted molar refractivity (Wildman–Crippen MR) is 112 cm³/mol. The van der Waals surface area contributed by atoms with E-state index >= 15 is 0 Å². The molecule has 0 fully saturated rings. The molecule has 1 aliphatic heterocycles. The summed E-state index contributed by atoms with van der Waals surface area (Å²) < 4.78 is 64.6. The van der Waals surface area contributed by atoms with Crippen molar-refractivity contribution in [2.45, 2.75) is 32.3 Å². The third kappa shape index (κ3) is 6.15. The van der Waals surface area contributed by atoms with E-state index in [0.29, 0.717) is 6.07 Å². The third-order valence-electron chi connectivity index (χ3n) is 4.67. The number of carbonyl (C=O) groups is 4. The first-order chi connectivity index (χ1) is 15.5. The molecule has 0 saturated carbocycles. The molecule has 1 aliphatic rings. The molecule has 0 radical (unpaired) electrons. The van der Waals surface area contributed by atoms with Crippen molar-refractivity contribution >= 4 is 39.4 Å². The van der Waals surface area contributed by atoms with Gasteiger partial charge in [0.15, 0.2) is 0 Å². The van der Waals surface area contributed by atoms with Gasteiger partial charge in [0.05, 0.1) is 17.8 Å². The topological polar surface area (TPSA) is 156 Å². The van der Waals surface area contributed by atoms with E-state index in [1.165, 1.54) is 6.92 Å². The summed E-state index contributed by atoms with van der Waals surface area (Å²) in [6, 6.07) is 1.36. The average molecular weight is 508 g/mol. The summed E-state index contributed by atoms with van der Waals surface area (Å²) in [5.74, 6) is -4.03. The summed E-state index contributed by atoms with van der Waals surface area (Å²) in [4.78, 5) is 51.8. The van der Waals surface area contributed by atoms with E-state index in [1.807, 2.05) is 0 Å². The second-order valence-corrected chi connectivity index (χ2v) is 9.46. The molecule has 0 aromatic heterocycles. The Balaban J connectivity index is 2.40. The maximum Gasteiger partial charge on any atom is 0.534 e. The van der Waals surface area contributed by atoms with Crippen LogP contribution in [0.15, 0.2) is 18.2 Å². The van der Waals surface area contributed by atoms with Gasteiger partial charge in [-0.05, 0) is 31.0 Å². The van der Waals surface area contributed by atoms with Gasteiger partial charge in [-0.2, -0.15) is 21.6 Å². The molecule has 1 atom stereocenters. The highest BCUT2D eigenvalue weighted by Crippen LogP contribution is 2.31. The predicted octanol–water partition coefficient (Wildman–Crippen LogP) is 0.668. The number of hydrogen-bond acceptors (Lipinski definition) is 7. The molecule has 15 heteroatoms. The Kier molecular flexibility index (Phi) is 7.80. The fourth-order valence-electron chi connectivity index (χ4n) is 3.08. The Morgan fingerprint density at radius 2 is 1.88 bits per heavy atom. The lowest BCUT2D eigenvalue weighted by Crippen LogP contribution is -2.51. The molecule has 2 rings (SSSR count). The van der Waals surface area contributed by atoms with Gasteiger partial charge in [-0.3, -0.25) is 19.2 Å². The lowest BCUT2D eigenvalue weighted by atomic mass is 10.1. The number of fused-ring (bicyclic) bond motifs is 1. The Hall–Kier alpha value is -3.36. The molecule has 4 amide bonds. The van der Waals surface area contributed by atoms with Crippen molar-refractivity contribution in [1.29, 1.82) is 0 Å². The van der Waals surface area contributed by atoms with E-state index < -0.39 is 69.7 Å². The molecule has 0 bridgehead atoms. The first-order valence-electron chi connectivity index (χ1n) is 9.86. The molecule has 1 aromatic rings. The van der Waals surface area contributed by atoms with Crippen molar-refractivity contribution in [3.63, 3.8) is 0 Å². The van der Waals surface area contributed by atoms with E-state index in [9.17, 15) is 40.8 Å². The van der Waals surface area contributed by atoms with Gasteiger partial charge in [0, 0.05) is 6.54 Å². The number of rotatable bonds is 8. The van der Waals surface area contributed by atoms with E-state index in [2.05, 4.69) is 9.50 Å². The molecule has 0 spiro atoms. The van der Waals surface area contributed by atoms with Gasteiger partial charge < -0.3 is 25.0 Å². The first kappa shape index (κ1) is 26.9. The van der Waals surface area contributed by atoms with Gasteiger partial charge in [0.25, 0.3) is 5.91 Å². The number of carbonyl (C=O) groups excluding carboxylic acids is 4. The summed E-state index contributed by atoms with van der Waals surface area (Å²) in [5.41, 5.74) is -1.04. The zero-order valence-corrected chi connectivity index (χ0v) is 19.2. The minimum absolute atomic E-state index is 0.0557. The van der Waals surface area contributed by atoms with Gasteiger partial charge in [-0.15, -0.1) is 0 Å². The molecular formula is C19H23F3N4O7S. The Morgan fingerprint density at radius 3 is 2.41 bits per heavy atom. The van der Waals surface area contributed by atoms with Crippen molar-refractivity contribution < 1.29 is 45.0 Å². The minimum Gasteiger partial charge on any atom is -0.376 e. The Labute approximate surface area is 193 Å². The van der Waals surface area contributed by atoms with Crippen LogP contribution in [0.1, 0.15) is 31.1 Å². The maximum absolute atomic E-state index is 13.2. The van der Waals surface area contributed by atoms with Gasteiger partial charge in [0.1, 0.15) is 18.3 Å². The number of primary amides is 1. The summed E-state index contributed by atoms with van der Waals surface area (Å²) in [7, 11) is -6.01. The zero-order valence-electron chi connectivity index (χ0n) is 18.4. The minimum atomic E-state index is -6.01. The average Bonchev–Trinajstić information content (AvgIpc) is 2.76. The van der Waals surface area contributed by atoms with Crippen LogP contribution in [0.4, 0.5) is 18.9 Å². The number of nitrogens with two attached hydrogens (primary N) is 1. The Morgan fingerprint density at radius 1 is 1.26 bits per heavy atom. The van der Waals surface area contributed by atoms with Crippen LogP contribution < -0.4 is 15.2 Å². The van der Waals surface area contributed by atoms with Crippen LogP contribution >= 0.6 is 0 Å². The summed E-state index contributed by atoms with van der Waals surface area (Å²) in [6.45, 7) is 3.93. The van der Waals surface area contributed by atoms with Gasteiger partial charge in [0.2, 0.25) is 17.7 Å². The highest BCUT2D eigenvalue weighted by Gasteiger charge is 2.48. The van der Waals surface area contributed by atoms with Crippen LogP contribution in [0.25, 0.3) is 0 Å². The van der Waals surface area contributed by atoms with Crippen molar-refractivity contribution in [3.8, 4) is 5.75 Å². The monoisotopic (exact) mass is 508 g/mol. The lowest BCUT2D eigenvalue weighted by molar-refractivity contribution is -0.137. The number of amides is 4. The molecule has 1 aromatic carbocycles. The quantitative estimate of drug-likeness (QED) is 0.386. The summed E-state index contributed by atoms with van der Waals surface area (Å²) in [5, 5.41) is 2.39. The number of alkyl halides is 3. The van der Waals surface area contributed by atoms with Gasteiger partial charge >= 0.3 is 15.6 Å². The van der Waals surface area contributed by atoms with Crippen LogP contribution in [0.5, 0.6) is 5.75 Å². The number of nitrogens with one attached hydrogen (secondary N) is 1. The van der Waals surface area contributed by atoms with E-state index in [1.54, 1.807) is 13.8 Å². The van der Waals surface area contributed by atoms with E-state index in [4.69, 9.17) is 5.73 Å². The largest absolute Gasteiger partial charge is 0.534 e. The number of anilines is 1. The Bertz CT molecular complexity index is 1110. The highest BCUT2D eigenvalue weighted by molar-refractivity contribution is 7.88. The van der Waals surface area contributed by atoms with Crippen LogP contribution in [-0.2, 0) is 24.5 Å². The highest BCUT2D eigenvalue weighted by atomic mass is 32.2. The molecular weight excluding hydrogens is 485 g/mol. The molecule has 0 unspecified atom stereocenters. The van der Waals surface area contributed by atoms with Crippen molar-refractivity contribution in [2.24, 2.45) is 11.7 Å². The maximum atomic E-state index is 13.2. The smallest absolute Gasteiger partial charge is 0.376 e. The molecule has 3 N–H and O–H groups in total. The lowest BCUT2D eigenvalue weighted by Gasteiger charge is -2.29. The molecule has 0 saturated heterocycles. The SMILES string of the molecule is CC(C)CN(CC(N)=O)C(=O)CN1C(=O)c2cc(OS(=O)(=O)C(F)(F)F)ccc2NC(=O)[C@@H]1C. The molecule has 1 heterocycles. The molecule has 11 nitrogen and oxygen atoms in total. The van der Waals surface area contributed by atoms with Crippen LogP contribution in [0.2, 0.25) is 0 Å². The standard InChI is InChI=1S/C19H23F3N4O7S/c1-10(2)7-25(8-15(23)27)16(28)9-26-11(3)17(29)24-14-5-4-12(6-13(14)18(26)30)33-34(31,32)19(20,21)22/h4-6,10-11H,7-9H2,1-3H3,(H2,23,27)(H,24,29)/t11-/m0/s1. The molecule has 188 valence electrons. The number of halogens is 3. The normalized spacial score (nSPS) is 16.6. The number of hydrogen-bond donors (Lipinski definition) is 2. The van der Waals surface area contributed by atoms with Crippen LogP contribution in [0, 0.1) is 5.92 Å². The fraction of sp³-hybridized carbons (Fsp3) is 0.474.